The number of carbonyl (C=O) groups excluding carboxylic acids is 3. The molecule has 1 aliphatic carbocycles. The number of alkyl carbamates (subject to hydrolysis) is 1. The molecule has 8 nitrogen and oxygen atoms in total. The molecule has 1 amide bonds. The number of amides is 1. The highest BCUT2D eigenvalue weighted by Crippen LogP contribution is 2.54. The lowest BCUT2D eigenvalue weighted by Crippen LogP contribution is -2.58. The predicted molar refractivity (Wildman–Crippen MR) is 142 cm³/mol. The molecule has 232 valence electrons. The van der Waals surface area contributed by atoms with Crippen molar-refractivity contribution in [1.29, 1.82) is 0 Å². The van der Waals surface area contributed by atoms with Crippen LogP contribution < -0.4 is 10.1 Å². The SMILES string of the molecule is CCOC(=O)N[C@@](CC1c2ccccc2Oc2ccccc21)(C(=O)OCc1c(F)c(F)c(F)c(F)c1F)[C@H]1C[C@@H]1C(=O)OC. The van der Waals surface area contributed by atoms with E-state index in [1.54, 1.807) is 48.5 Å². The van der Waals surface area contributed by atoms with E-state index in [0.717, 1.165) is 7.11 Å². The minimum Gasteiger partial charge on any atom is -0.469 e. The molecule has 3 aromatic carbocycles. The van der Waals surface area contributed by atoms with E-state index in [1.807, 2.05) is 0 Å². The highest BCUT2D eigenvalue weighted by molar-refractivity contribution is 5.89. The number of rotatable bonds is 9. The summed E-state index contributed by atoms with van der Waals surface area (Å²) in [6.07, 6.45) is -1.29. The van der Waals surface area contributed by atoms with Gasteiger partial charge in [-0.25, -0.2) is 31.5 Å². The van der Waals surface area contributed by atoms with E-state index in [4.69, 9.17) is 18.9 Å². The molecule has 13 heteroatoms. The molecule has 0 aromatic heterocycles. The van der Waals surface area contributed by atoms with Crippen molar-refractivity contribution in [3.63, 3.8) is 0 Å². The summed E-state index contributed by atoms with van der Waals surface area (Å²) in [5.74, 6) is -14.7. The first-order chi connectivity index (χ1) is 21.0. The number of esters is 2. The van der Waals surface area contributed by atoms with E-state index >= 15 is 0 Å². The topological polar surface area (TPSA) is 100 Å². The van der Waals surface area contributed by atoms with Crippen molar-refractivity contribution < 1.29 is 55.3 Å². The van der Waals surface area contributed by atoms with Crippen LogP contribution in [0.15, 0.2) is 48.5 Å². The van der Waals surface area contributed by atoms with Gasteiger partial charge in [0.25, 0.3) is 0 Å². The second-order valence-electron chi connectivity index (χ2n) is 10.3. The second kappa shape index (κ2) is 12.1. The normalized spacial score (nSPS) is 18.2. The molecule has 0 bridgehead atoms. The summed E-state index contributed by atoms with van der Waals surface area (Å²) in [5.41, 5.74) is -2.26. The molecule has 0 saturated heterocycles. The van der Waals surface area contributed by atoms with Crippen molar-refractivity contribution in [3.05, 3.63) is 94.3 Å². The minimum atomic E-state index is -2.37. The Morgan fingerprint density at radius 3 is 1.95 bits per heavy atom. The van der Waals surface area contributed by atoms with Crippen LogP contribution in [0.25, 0.3) is 0 Å². The first-order valence-electron chi connectivity index (χ1n) is 13.6. The zero-order valence-corrected chi connectivity index (χ0v) is 23.4. The number of halogens is 5. The van der Waals surface area contributed by atoms with Crippen molar-refractivity contribution >= 4 is 18.0 Å². The maximum absolute atomic E-state index is 14.5. The zero-order valence-electron chi connectivity index (χ0n) is 23.4. The monoisotopic (exact) mass is 619 g/mol. The summed E-state index contributed by atoms with van der Waals surface area (Å²) in [6, 6.07) is 13.8. The molecule has 1 heterocycles. The zero-order chi connectivity index (χ0) is 31.8. The van der Waals surface area contributed by atoms with Crippen LogP contribution in [0.1, 0.15) is 42.4 Å². The molecule has 1 fully saturated rings. The fourth-order valence-electron chi connectivity index (χ4n) is 5.68. The average Bonchev–Trinajstić information content (AvgIpc) is 3.83. The smallest absolute Gasteiger partial charge is 0.408 e. The lowest BCUT2D eigenvalue weighted by molar-refractivity contribution is -0.155. The van der Waals surface area contributed by atoms with Crippen LogP contribution in [0.5, 0.6) is 11.5 Å². The van der Waals surface area contributed by atoms with Crippen molar-refractivity contribution in [2.45, 2.75) is 37.8 Å². The van der Waals surface area contributed by atoms with Crippen LogP contribution in [0.4, 0.5) is 26.7 Å². The molecule has 1 aliphatic heterocycles. The van der Waals surface area contributed by atoms with Gasteiger partial charge in [0.1, 0.15) is 23.6 Å². The van der Waals surface area contributed by atoms with Gasteiger partial charge in [0.15, 0.2) is 23.3 Å². The molecular formula is C31H26F5NO7. The van der Waals surface area contributed by atoms with Gasteiger partial charge in [-0.3, -0.25) is 4.79 Å². The number of carbonyl (C=O) groups is 3. The average molecular weight is 620 g/mol. The van der Waals surface area contributed by atoms with Crippen LogP contribution in [0, 0.1) is 40.9 Å². The minimum absolute atomic E-state index is 0.0449. The Balaban J connectivity index is 1.60. The van der Waals surface area contributed by atoms with Gasteiger partial charge in [0.2, 0.25) is 5.82 Å². The molecule has 1 saturated carbocycles. The van der Waals surface area contributed by atoms with E-state index in [-0.39, 0.29) is 19.4 Å². The van der Waals surface area contributed by atoms with Crippen LogP contribution >= 0.6 is 0 Å². The Kier molecular flexibility index (Phi) is 8.49. The lowest BCUT2D eigenvalue weighted by atomic mass is 9.75. The largest absolute Gasteiger partial charge is 0.469 e. The maximum atomic E-state index is 14.5. The van der Waals surface area contributed by atoms with Gasteiger partial charge in [-0.2, -0.15) is 0 Å². The lowest BCUT2D eigenvalue weighted by Gasteiger charge is -2.38. The van der Waals surface area contributed by atoms with Gasteiger partial charge in [-0.15, -0.1) is 0 Å². The van der Waals surface area contributed by atoms with E-state index < -0.39 is 82.6 Å². The fraction of sp³-hybridized carbons (Fsp3) is 0.323. The van der Waals surface area contributed by atoms with Gasteiger partial charge in [0.05, 0.1) is 25.2 Å². The van der Waals surface area contributed by atoms with Crippen LogP contribution in [-0.2, 0) is 30.4 Å². The van der Waals surface area contributed by atoms with Crippen LogP contribution in [-0.4, -0.2) is 37.3 Å². The summed E-state index contributed by atoms with van der Waals surface area (Å²) in [4.78, 5) is 39.6. The number of fused-ring (bicyclic) bond motifs is 2. The number of ether oxygens (including phenoxy) is 4. The molecule has 2 aliphatic rings. The van der Waals surface area contributed by atoms with Gasteiger partial charge in [-0.1, -0.05) is 36.4 Å². The molecular weight excluding hydrogens is 593 g/mol. The third kappa shape index (κ3) is 5.42. The van der Waals surface area contributed by atoms with E-state index in [1.165, 1.54) is 6.92 Å². The molecule has 44 heavy (non-hydrogen) atoms. The molecule has 3 aromatic rings. The quantitative estimate of drug-likeness (QED) is 0.102. The van der Waals surface area contributed by atoms with E-state index in [2.05, 4.69) is 5.32 Å². The van der Waals surface area contributed by atoms with Crippen molar-refractivity contribution in [2.75, 3.05) is 13.7 Å². The highest BCUT2D eigenvalue weighted by Gasteiger charge is 2.63. The maximum Gasteiger partial charge on any atom is 0.408 e. The fourth-order valence-corrected chi connectivity index (χ4v) is 5.68. The Bertz CT molecular complexity index is 1560. The van der Waals surface area contributed by atoms with Gasteiger partial charge >= 0.3 is 18.0 Å². The number of nitrogens with one attached hydrogen (secondary N) is 1. The Morgan fingerprint density at radius 1 is 0.864 bits per heavy atom. The molecule has 0 spiro atoms. The van der Waals surface area contributed by atoms with E-state index in [9.17, 15) is 36.3 Å². The molecule has 5 rings (SSSR count). The van der Waals surface area contributed by atoms with Gasteiger partial charge in [-0.05, 0) is 31.9 Å². The third-order valence-electron chi connectivity index (χ3n) is 7.88. The van der Waals surface area contributed by atoms with Crippen LogP contribution in [0.2, 0.25) is 0 Å². The summed E-state index contributed by atoms with van der Waals surface area (Å²) in [5, 5.41) is 2.53. The Hall–Kier alpha value is -4.68. The standard InChI is InChI=1S/C31H26F5NO7/c1-3-42-30(40)37-31(20-12-17(20)28(38)41-2,29(39)43-14-19-23(32)25(34)27(36)26(35)24(19)33)13-18-15-8-4-6-10-21(15)44-22-11-7-5-9-16(18)22/h4-11,17-18,20H,3,12-14H2,1-2H3,(H,37,40)/t17-,20-,31+/m0/s1. The third-order valence-corrected chi connectivity index (χ3v) is 7.88. The summed E-state index contributed by atoms with van der Waals surface area (Å²) >= 11 is 0. The Labute approximate surface area is 248 Å². The number of hydrogen-bond acceptors (Lipinski definition) is 7. The summed E-state index contributed by atoms with van der Waals surface area (Å²) in [7, 11) is 1.14. The van der Waals surface area contributed by atoms with E-state index in [0.29, 0.717) is 22.6 Å². The number of para-hydroxylation sites is 2. The molecule has 1 N–H and O–H groups in total. The first kappa shape index (κ1) is 30.8. The van der Waals surface area contributed by atoms with Gasteiger partial charge < -0.3 is 24.3 Å². The van der Waals surface area contributed by atoms with Gasteiger partial charge in [0, 0.05) is 23.0 Å². The summed E-state index contributed by atoms with van der Waals surface area (Å²) < 4.78 is 91.5. The molecule has 0 radical (unpaired) electrons. The Morgan fingerprint density at radius 2 is 1.41 bits per heavy atom. The summed E-state index contributed by atoms with van der Waals surface area (Å²) in [6.45, 7) is 0.0467. The highest BCUT2D eigenvalue weighted by atomic mass is 19.2. The van der Waals surface area contributed by atoms with Crippen LogP contribution in [0.3, 0.4) is 0 Å². The van der Waals surface area contributed by atoms with Crippen molar-refractivity contribution in [1.82, 2.24) is 5.32 Å². The first-order valence-corrected chi connectivity index (χ1v) is 13.6. The molecule has 0 unspecified atom stereocenters. The van der Waals surface area contributed by atoms with Crippen molar-refractivity contribution in [2.24, 2.45) is 11.8 Å². The molecule has 3 atom stereocenters. The number of methoxy groups -OCH3 is 1. The second-order valence-corrected chi connectivity index (χ2v) is 10.3. The number of hydrogen-bond donors (Lipinski definition) is 1. The predicted octanol–water partition coefficient (Wildman–Crippen LogP) is 6.05. The van der Waals surface area contributed by atoms with Crippen molar-refractivity contribution in [3.8, 4) is 11.5 Å². The number of benzene rings is 3.